The van der Waals surface area contributed by atoms with E-state index in [1.807, 2.05) is 43.3 Å². The van der Waals surface area contributed by atoms with Gasteiger partial charge in [0.25, 0.3) is 10.0 Å². The fourth-order valence-corrected chi connectivity index (χ4v) is 5.05. The zero-order valence-electron chi connectivity index (χ0n) is 21.9. The van der Waals surface area contributed by atoms with Crippen LogP contribution in [0.25, 0.3) is 11.1 Å². The lowest BCUT2D eigenvalue weighted by atomic mass is 9.87. The standard InChI is InChI=1S/C27H30BrN5O4S/c1-18-7-6-8-19(15-18)23-24(32-38(34,35)22-11-9-20(10-12-22)27(2,3)4)33(5)31-25(23)36-13-14-37-26-29-16-21(28)17-30-26/h6-12,15-17,32H,13-14H2,1-5H3. The molecule has 0 atom stereocenters. The summed E-state index contributed by atoms with van der Waals surface area (Å²) in [5.74, 6) is 0.571. The van der Waals surface area contributed by atoms with Gasteiger partial charge in [0.15, 0.2) is 0 Å². The normalized spacial score (nSPS) is 11.8. The number of benzene rings is 2. The second-order valence-corrected chi connectivity index (χ2v) is 12.4. The maximum absolute atomic E-state index is 13.4. The SMILES string of the molecule is Cc1cccc(-c2c(OCCOc3ncc(Br)cn3)nn(C)c2NS(=O)(=O)c2ccc(C(C)(C)C)cc2)c1. The van der Waals surface area contributed by atoms with Crippen molar-refractivity contribution in [3.63, 3.8) is 0 Å². The van der Waals surface area contributed by atoms with Gasteiger partial charge in [0.1, 0.15) is 19.0 Å². The summed E-state index contributed by atoms with van der Waals surface area (Å²) in [5.41, 5.74) is 3.27. The van der Waals surface area contributed by atoms with Crippen LogP contribution in [0.1, 0.15) is 31.9 Å². The number of halogens is 1. The predicted molar refractivity (Wildman–Crippen MR) is 150 cm³/mol. The highest BCUT2D eigenvalue weighted by atomic mass is 79.9. The Morgan fingerprint density at radius 3 is 2.29 bits per heavy atom. The summed E-state index contributed by atoms with van der Waals surface area (Å²) in [6.07, 6.45) is 3.18. The van der Waals surface area contributed by atoms with Crippen LogP contribution in [0.2, 0.25) is 0 Å². The van der Waals surface area contributed by atoms with Crippen LogP contribution in [0.15, 0.2) is 70.3 Å². The molecular formula is C27H30BrN5O4S. The quantitative estimate of drug-likeness (QED) is 0.253. The van der Waals surface area contributed by atoms with Gasteiger partial charge in [0.2, 0.25) is 5.88 Å². The first-order valence-corrected chi connectivity index (χ1v) is 14.2. The average molecular weight is 601 g/mol. The molecule has 0 radical (unpaired) electrons. The number of hydrogen-bond donors (Lipinski definition) is 1. The van der Waals surface area contributed by atoms with Gasteiger partial charge in [-0.15, -0.1) is 5.10 Å². The highest BCUT2D eigenvalue weighted by molar-refractivity contribution is 9.10. The highest BCUT2D eigenvalue weighted by Gasteiger charge is 2.25. The molecule has 4 rings (SSSR count). The second-order valence-electron chi connectivity index (χ2n) is 9.78. The van der Waals surface area contributed by atoms with Crippen LogP contribution in [0, 0.1) is 6.92 Å². The number of nitrogens with zero attached hydrogens (tertiary/aromatic N) is 4. The van der Waals surface area contributed by atoms with Crippen molar-refractivity contribution >= 4 is 31.8 Å². The summed E-state index contributed by atoms with van der Waals surface area (Å²) in [6, 6.07) is 14.8. The molecule has 0 bridgehead atoms. The van der Waals surface area contributed by atoms with Gasteiger partial charge in [-0.3, -0.25) is 4.72 Å². The Bertz CT molecular complexity index is 1510. The van der Waals surface area contributed by atoms with Gasteiger partial charge in [-0.25, -0.2) is 23.1 Å². The molecule has 0 aliphatic carbocycles. The molecule has 0 saturated carbocycles. The summed E-state index contributed by atoms with van der Waals surface area (Å²) in [5, 5.41) is 4.47. The largest absolute Gasteiger partial charge is 0.472 e. The van der Waals surface area contributed by atoms with Gasteiger partial charge in [-0.05, 0) is 51.5 Å². The minimum Gasteiger partial charge on any atom is -0.472 e. The molecule has 2 aromatic carbocycles. The Labute approximate surface area is 231 Å². The molecule has 0 aliphatic heterocycles. The van der Waals surface area contributed by atoms with E-state index < -0.39 is 10.0 Å². The predicted octanol–water partition coefficient (Wildman–Crippen LogP) is 5.50. The zero-order chi connectivity index (χ0) is 27.5. The molecule has 0 unspecified atom stereocenters. The van der Waals surface area contributed by atoms with Crippen LogP contribution in [-0.2, 0) is 22.5 Å². The van der Waals surface area contributed by atoms with Gasteiger partial charge in [-0.1, -0.05) is 62.7 Å². The van der Waals surface area contributed by atoms with Crippen molar-refractivity contribution in [1.82, 2.24) is 19.7 Å². The summed E-state index contributed by atoms with van der Waals surface area (Å²) in [4.78, 5) is 8.30. The van der Waals surface area contributed by atoms with Crippen LogP contribution in [0.4, 0.5) is 5.82 Å². The summed E-state index contributed by atoms with van der Waals surface area (Å²) in [6.45, 7) is 8.53. The van der Waals surface area contributed by atoms with E-state index in [9.17, 15) is 8.42 Å². The van der Waals surface area contributed by atoms with E-state index in [0.717, 1.165) is 21.2 Å². The third kappa shape index (κ3) is 6.51. The molecule has 0 fully saturated rings. The first-order chi connectivity index (χ1) is 17.9. The smallest absolute Gasteiger partial charge is 0.316 e. The van der Waals surface area contributed by atoms with Crippen molar-refractivity contribution in [2.24, 2.45) is 7.05 Å². The third-order valence-corrected chi connectivity index (χ3v) is 7.50. The molecule has 0 saturated heterocycles. The monoisotopic (exact) mass is 599 g/mol. The van der Waals surface area contributed by atoms with E-state index in [-0.39, 0.29) is 35.4 Å². The molecule has 200 valence electrons. The van der Waals surface area contributed by atoms with E-state index in [0.29, 0.717) is 11.4 Å². The van der Waals surface area contributed by atoms with Gasteiger partial charge < -0.3 is 9.47 Å². The van der Waals surface area contributed by atoms with E-state index in [1.54, 1.807) is 31.6 Å². The van der Waals surface area contributed by atoms with Gasteiger partial charge in [0, 0.05) is 19.4 Å². The van der Waals surface area contributed by atoms with E-state index >= 15 is 0 Å². The number of aromatic nitrogens is 4. The van der Waals surface area contributed by atoms with E-state index in [1.165, 1.54) is 4.68 Å². The zero-order valence-corrected chi connectivity index (χ0v) is 24.3. The molecule has 4 aromatic rings. The molecular weight excluding hydrogens is 570 g/mol. The lowest BCUT2D eigenvalue weighted by molar-refractivity contribution is 0.201. The van der Waals surface area contributed by atoms with Crippen LogP contribution >= 0.6 is 15.9 Å². The summed E-state index contributed by atoms with van der Waals surface area (Å²) >= 11 is 3.28. The van der Waals surface area contributed by atoms with E-state index in [2.05, 4.69) is 56.5 Å². The summed E-state index contributed by atoms with van der Waals surface area (Å²) in [7, 11) is -2.24. The minimum atomic E-state index is -3.90. The number of nitrogens with one attached hydrogen (secondary N) is 1. The molecule has 2 aromatic heterocycles. The van der Waals surface area contributed by atoms with Crippen LogP contribution in [0.3, 0.4) is 0 Å². The van der Waals surface area contributed by atoms with Crippen molar-refractivity contribution in [3.05, 3.63) is 76.5 Å². The van der Waals surface area contributed by atoms with Crippen molar-refractivity contribution < 1.29 is 17.9 Å². The molecule has 0 aliphatic rings. The third-order valence-electron chi connectivity index (χ3n) is 5.73. The number of rotatable bonds is 9. The van der Waals surface area contributed by atoms with Crippen molar-refractivity contribution in [3.8, 4) is 23.0 Å². The Balaban J connectivity index is 1.61. The van der Waals surface area contributed by atoms with Gasteiger partial charge >= 0.3 is 6.01 Å². The fourth-order valence-electron chi connectivity index (χ4n) is 3.74. The van der Waals surface area contributed by atoms with Crippen molar-refractivity contribution in [1.29, 1.82) is 0 Å². The Morgan fingerprint density at radius 2 is 1.66 bits per heavy atom. The molecule has 9 nitrogen and oxygen atoms in total. The molecule has 1 N–H and O–H groups in total. The van der Waals surface area contributed by atoms with Crippen LogP contribution in [-0.4, -0.2) is 41.4 Å². The second kappa shape index (κ2) is 11.1. The molecule has 0 amide bonds. The van der Waals surface area contributed by atoms with Gasteiger partial charge in [-0.2, -0.15) is 0 Å². The number of hydrogen-bond acceptors (Lipinski definition) is 7. The highest BCUT2D eigenvalue weighted by Crippen LogP contribution is 2.38. The lowest BCUT2D eigenvalue weighted by Gasteiger charge is -2.19. The Hall–Kier alpha value is -3.44. The molecule has 38 heavy (non-hydrogen) atoms. The maximum atomic E-state index is 13.4. The average Bonchev–Trinajstić information content (AvgIpc) is 3.16. The van der Waals surface area contributed by atoms with E-state index in [4.69, 9.17) is 9.47 Å². The number of aryl methyl sites for hydroxylation is 2. The first kappa shape index (κ1) is 27.6. The van der Waals surface area contributed by atoms with Crippen molar-refractivity contribution in [2.75, 3.05) is 17.9 Å². The molecule has 0 spiro atoms. The number of ether oxygens (including phenoxy) is 2. The molecule has 11 heteroatoms. The minimum absolute atomic E-state index is 0.0878. The number of sulfonamides is 1. The fraction of sp³-hybridized carbons (Fsp3) is 0.296. The maximum Gasteiger partial charge on any atom is 0.316 e. The Morgan fingerprint density at radius 1 is 1.00 bits per heavy atom. The first-order valence-electron chi connectivity index (χ1n) is 11.9. The van der Waals surface area contributed by atoms with Crippen molar-refractivity contribution in [2.45, 2.75) is 38.0 Å². The summed E-state index contributed by atoms with van der Waals surface area (Å²) < 4.78 is 43.2. The Kier molecular flexibility index (Phi) is 8.08. The topological polar surface area (TPSA) is 108 Å². The van der Waals surface area contributed by atoms with Gasteiger partial charge in [0.05, 0.1) is 14.9 Å². The lowest BCUT2D eigenvalue weighted by Crippen LogP contribution is -2.17. The molecule has 2 heterocycles. The number of anilines is 1. The van der Waals surface area contributed by atoms with Crippen LogP contribution in [0.5, 0.6) is 11.9 Å². The van der Waals surface area contributed by atoms with Crippen LogP contribution < -0.4 is 14.2 Å².